The molecule has 5 nitrogen and oxygen atoms in total. The lowest BCUT2D eigenvalue weighted by Crippen LogP contribution is -2.30. The molecule has 0 aromatic heterocycles. The van der Waals surface area contributed by atoms with E-state index in [-0.39, 0.29) is 25.2 Å². The summed E-state index contributed by atoms with van der Waals surface area (Å²) in [5.74, 6) is -0.394. The fourth-order valence-corrected chi connectivity index (χ4v) is 7.56. The summed E-state index contributed by atoms with van der Waals surface area (Å²) in [6.45, 7) is 7.83. The SMILES string of the molecule is CCCCCC/C=C\CCCCCCCCOCC(COC(=O)CCCCCCCCCCCCCCCCC)OC(=O)CCCCCCC/C=C\CCCCCC. The number of unbranched alkanes of at least 4 members (excludes halogenated alkanes) is 33. The van der Waals surface area contributed by atoms with Crippen LogP contribution in [0, 0.1) is 0 Å². The molecule has 5 heteroatoms. The van der Waals surface area contributed by atoms with Crippen molar-refractivity contribution in [2.75, 3.05) is 19.8 Å². The van der Waals surface area contributed by atoms with Crippen LogP contribution in [0.4, 0.5) is 0 Å². The van der Waals surface area contributed by atoms with Gasteiger partial charge in [-0.2, -0.15) is 0 Å². The van der Waals surface area contributed by atoms with Crippen LogP contribution in [0.2, 0.25) is 0 Å². The van der Waals surface area contributed by atoms with Gasteiger partial charge in [-0.1, -0.05) is 218 Å². The first-order valence-electron chi connectivity index (χ1n) is 25.9. The second kappa shape index (κ2) is 49.7. The smallest absolute Gasteiger partial charge is 0.306 e. The first-order chi connectivity index (χ1) is 28.6. The van der Waals surface area contributed by atoms with E-state index in [9.17, 15) is 9.59 Å². The number of hydrogen-bond acceptors (Lipinski definition) is 5. The molecule has 0 fully saturated rings. The molecule has 0 amide bonds. The predicted molar refractivity (Wildman–Crippen MR) is 252 cm³/mol. The fraction of sp³-hybridized carbons (Fsp3) is 0.887. The van der Waals surface area contributed by atoms with Crippen molar-refractivity contribution < 1.29 is 23.8 Å². The summed E-state index contributed by atoms with van der Waals surface area (Å²) >= 11 is 0. The Morgan fingerprint density at radius 2 is 0.672 bits per heavy atom. The normalized spacial score (nSPS) is 12.3. The highest BCUT2D eigenvalue weighted by Crippen LogP contribution is 2.15. The molecule has 58 heavy (non-hydrogen) atoms. The number of carbonyl (C=O) groups excluding carboxylic acids is 2. The summed E-state index contributed by atoms with van der Waals surface area (Å²) in [6, 6.07) is 0. The summed E-state index contributed by atoms with van der Waals surface area (Å²) in [5, 5.41) is 0. The molecule has 0 saturated carbocycles. The summed E-state index contributed by atoms with van der Waals surface area (Å²) < 4.78 is 17.4. The van der Waals surface area contributed by atoms with Crippen molar-refractivity contribution in [3.05, 3.63) is 24.3 Å². The zero-order chi connectivity index (χ0) is 42.1. The minimum absolute atomic E-state index is 0.0859. The minimum atomic E-state index is -0.536. The van der Waals surface area contributed by atoms with Gasteiger partial charge >= 0.3 is 11.9 Å². The van der Waals surface area contributed by atoms with Gasteiger partial charge in [0.1, 0.15) is 6.61 Å². The zero-order valence-corrected chi connectivity index (χ0v) is 39.3. The summed E-state index contributed by atoms with van der Waals surface area (Å²) in [6.07, 6.45) is 57.5. The number of esters is 2. The molecular weight excluding hydrogens is 717 g/mol. The van der Waals surface area contributed by atoms with Crippen molar-refractivity contribution in [3.8, 4) is 0 Å². The van der Waals surface area contributed by atoms with Crippen LogP contribution in [0.15, 0.2) is 24.3 Å². The average Bonchev–Trinajstić information content (AvgIpc) is 3.22. The molecule has 0 N–H and O–H groups in total. The lowest BCUT2D eigenvalue weighted by Gasteiger charge is -2.18. The van der Waals surface area contributed by atoms with E-state index >= 15 is 0 Å². The Hall–Kier alpha value is -1.62. The highest BCUT2D eigenvalue weighted by molar-refractivity contribution is 5.70. The van der Waals surface area contributed by atoms with E-state index < -0.39 is 6.10 Å². The van der Waals surface area contributed by atoms with Gasteiger partial charge in [0, 0.05) is 19.4 Å². The Morgan fingerprint density at radius 3 is 1.07 bits per heavy atom. The predicted octanol–water partition coefficient (Wildman–Crippen LogP) is 17.2. The third-order valence-corrected chi connectivity index (χ3v) is 11.5. The van der Waals surface area contributed by atoms with Gasteiger partial charge in [0.15, 0.2) is 6.10 Å². The van der Waals surface area contributed by atoms with Gasteiger partial charge in [0.05, 0.1) is 6.61 Å². The Bertz CT molecular complexity index is 882. The molecule has 0 spiro atoms. The average molecular weight is 817 g/mol. The van der Waals surface area contributed by atoms with Crippen LogP contribution in [-0.2, 0) is 23.8 Å². The Kier molecular flexibility index (Phi) is 48.4. The zero-order valence-electron chi connectivity index (χ0n) is 39.3. The van der Waals surface area contributed by atoms with Crippen molar-refractivity contribution >= 4 is 11.9 Å². The van der Waals surface area contributed by atoms with Gasteiger partial charge in [-0.05, 0) is 70.6 Å². The van der Waals surface area contributed by atoms with E-state index in [1.165, 1.54) is 193 Å². The largest absolute Gasteiger partial charge is 0.462 e. The molecule has 0 heterocycles. The van der Waals surface area contributed by atoms with E-state index in [0.29, 0.717) is 19.4 Å². The van der Waals surface area contributed by atoms with Crippen LogP contribution < -0.4 is 0 Å². The molecule has 0 aliphatic rings. The maximum absolute atomic E-state index is 12.8. The van der Waals surface area contributed by atoms with Gasteiger partial charge in [0.2, 0.25) is 0 Å². The van der Waals surface area contributed by atoms with Crippen LogP contribution >= 0.6 is 0 Å². The van der Waals surface area contributed by atoms with E-state index in [0.717, 1.165) is 51.4 Å². The number of carbonyl (C=O) groups is 2. The lowest BCUT2D eigenvalue weighted by atomic mass is 10.0. The van der Waals surface area contributed by atoms with Crippen LogP contribution in [0.3, 0.4) is 0 Å². The number of hydrogen-bond donors (Lipinski definition) is 0. The highest BCUT2D eigenvalue weighted by Gasteiger charge is 2.17. The minimum Gasteiger partial charge on any atom is -0.462 e. The van der Waals surface area contributed by atoms with Crippen molar-refractivity contribution in [1.29, 1.82) is 0 Å². The Morgan fingerprint density at radius 1 is 0.362 bits per heavy atom. The molecule has 0 rings (SSSR count). The van der Waals surface area contributed by atoms with Crippen molar-refractivity contribution in [2.24, 2.45) is 0 Å². The number of rotatable bonds is 48. The second-order valence-corrected chi connectivity index (χ2v) is 17.4. The van der Waals surface area contributed by atoms with E-state index in [1.807, 2.05) is 0 Å². The molecule has 0 radical (unpaired) electrons. The van der Waals surface area contributed by atoms with E-state index in [1.54, 1.807) is 0 Å². The van der Waals surface area contributed by atoms with Crippen LogP contribution in [0.1, 0.15) is 278 Å². The molecular formula is C53H100O5. The first-order valence-corrected chi connectivity index (χ1v) is 25.9. The third kappa shape index (κ3) is 47.1. The van der Waals surface area contributed by atoms with E-state index in [2.05, 4.69) is 45.1 Å². The molecule has 0 aliphatic heterocycles. The maximum Gasteiger partial charge on any atom is 0.306 e. The van der Waals surface area contributed by atoms with E-state index in [4.69, 9.17) is 14.2 Å². The van der Waals surface area contributed by atoms with Crippen molar-refractivity contribution in [3.63, 3.8) is 0 Å². The Balaban J connectivity index is 4.24. The quantitative estimate of drug-likeness (QED) is 0.0348. The lowest BCUT2D eigenvalue weighted by molar-refractivity contribution is -0.163. The van der Waals surface area contributed by atoms with Crippen LogP contribution in [-0.4, -0.2) is 37.9 Å². The summed E-state index contributed by atoms with van der Waals surface area (Å²) in [7, 11) is 0. The monoisotopic (exact) mass is 817 g/mol. The van der Waals surface area contributed by atoms with Crippen molar-refractivity contribution in [1.82, 2.24) is 0 Å². The van der Waals surface area contributed by atoms with Gasteiger partial charge in [-0.15, -0.1) is 0 Å². The third-order valence-electron chi connectivity index (χ3n) is 11.5. The highest BCUT2D eigenvalue weighted by atomic mass is 16.6. The molecule has 0 aromatic carbocycles. The summed E-state index contributed by atoms with van der Waals surface area (Å²) in [5.41, 5.74) is 0. The second-order valence-electron chi connectivity index (χ2n) is 17.4. The van der Waals surface area contributed by atoms with Gasteiger partial charge in [0.25, 0.3) is 0 Å². The van der Waals surface area contributed by atoms with Crippen LogP contribution in [0.25, 0.3) is 0 Å². The fourth-order valence-electron chi connectivity index (χ4n) is 7.56. The number of ether oxygens (including phenoxy) is 3. The topological polar surface area (TPSA) is 61.8 Å². The van der Waals surface area contributed by atoms with Gasteiger partial charge < -0.3 is 14.2 Å². The van der Waals surface area contributed by atoms with Gasteiger partial charge in [-0.3, -0.25) is 9.59 Å². The molecule has 1 atom stereocenters. The number of allylic oxidation sites excluding steroid dienone is 4. The molecule has 0 aliphatic carbocycles. The Labute approximate surface area is 362 Å². The standard InChI is InChI=1S/C53H100O5/c1-4-7-10-13-16-19-22-25-27-29-31-34-37-40-43-46-52(54)57-50-51(49-56-48-45-42-39-36-33-30-26-23-20-17-14-11-8-5-2)58-53(55)47-44-41-38-35-32-28-24-21-18-15-12-9-6-3/h20-21,23-24,51H,4-19,22,25-50H2,1-3H3/b23-20-,24-21-. The van der Waals surface area contributed by atoms with Crippen molar-refractivity contribution in [2.45, 2.75) is 284 Å². The first kappa shape index (κ1) is 56.4. The van der Waals surface area contributed by atoms with Crippen LogP contribution in [0.5, 0.6) is 0 Å². The molecule has 342 valence electrons. The molecule has 1 unspecified atom stereocenters. The maximum atomic E-state index is 12.8. The molecule has 0 bridgehead atoms. The molecule has 0 saturated heterocycles. The van der Waals surface area contributed by atoms with Gasteiger partial charge in [-0.25, -0.2) is 0 Å². The molecule has 0 aromatic rings. The summed E-state index contributed by atoms with van der Waals surface area (Å²) in [4.78, 5) is 25.4.